The van der Waals surface area contributed by atoms with E-state index < -0.39 is 4.92 Å². The first kappa shape index (κ1) is 19.0. The molecule has 0 saturated heterocycles. The van der Waals surface area contributed by atoms with Gasteiger partial charge in [-0.3, -0.25) is 14.9 Å². The summed E-state index contributed by atoms with van der Waals surface area (Å²) in [5, 5.41) is 19.0. The van der Waals surface area contributed by atoms with Crippen molar-refractivity contribution in [3.63, 3.8) is 0 Å². The van der Waals surface area contributed by atoms with Gasteiger partial charge in [0.1, 0.15) is 5.82 Å². The van der Waals surface area contributed by atoms with E-state index in [4.69, 9.17) is 0 Å². The number of carbonyl (C=O) groups excluding carboxylic acids is 1. The van der Waals surface area contributed by atoms with E-state index in [1.807, 2.05) is 43.3 Å². The molecule has 8 nitrogen and oxygen atoms in total. The Morgan fingerprint density at radius 2 is 1.87 bits per heavy atom. The maximum Gasteiger partial charge on any atom is 0.269 e. The fourth-order valence-corrected chi connectivity index (χ4v) is 2.98. The van der Waals surface area contributed by atoms with Gasteiger partial charge in [0.2, 0.25) is 5.91 Å². The van der Waals surface area contributed by atoms with Gasteiger partial charge in [-0.25, -0.2) is 4.98 Å². The molecular weight excluding hydrogens is 382 g/mol. The van der Waals surface area contributed by atoms with E-state index in [-0.39, 0.29) is 11.6 Å². The van der Waals surface area contributed by atoms with Gasteiger partial charge in [0, 0.05) is 29.7 Å². The van der Waals surface area contributed by atoms with Crippen molar-refractivity contribution >= 4 is 34.4 Å². The lowest BCUT2D eigenvalue weighted by molar-refractivity contribution is -0.384. The zero-order valence-electron chi connectivity index (χ0n) is 16.0. The van der Waals surface area contributed by atoms with Gasteiger partial charge in [0.05, 0.1) is 16.1 Å². The number of non-ortho nitro benzene ring substituents is 1. The highest BCUT2D eigenvalue weighted by Crippen LogP contribution is 2.19. The first-order valence-electron chi connectivity index (χ1n) is 9.16. The number of anilines is 1. The Kier molecular flexibility index (Phi) is 5.04. The van der Waals surface area contributed by atoms with Crippen molar-refractivity contribution in [2.24, 2.45) is 0 Å². The second-order valence-electron chi connectivity index (χ2n) is 6.62. The number of rotatable bonds is 5. The highest BCUT2D eigenvalue weighted by molar-refractivity contribution is 6.01. The van der Waals surface area contributed by atoms with Crippen molar-refractivity contribution < 1.29 is 9.72 Å². The van der Waals surface area contributed by atoms with Crippen molar-refractivity contribution in [1.29, 1.82) is 0 Å². The minimum atomic E-state index is -0.468. The van der Waals surface area contributed by atoms with Gasteiger partial charge in [0.15, 0.2) is 5.82 Å². The summed E-state index contributed by atoms with van der Waals surface area (Å²) in [6, 6.07) is 19.3. The van der Waals surface area contributed by atoms with Crippen LogP contribution in [0.4, 0.5) is 11.5 Å². The number of pyridine rings is 1. The fraction of sp³-hybridized carbons (Fsp3) is 0.0455. The summed E-state index contributed by atoms with van der Waals surface area (Å²) >= 11 is 0. The zero-order chi connectivity index (χ0) is 21.1. The van der Waals surface area contributed by atoms with E-state index in [0.29, 0.717) is 17.2 Å². The number of nitrogens with zero attached hydrogens (tertiary/aromatic N) is 4. The number of nitro groups is 1. The summed E-state index contributed by atoms with van der Waals surface area (Å²) in [6.07, 6.45) is 2.95. The third-order valence-corrected chi connectivity index (χ3v) is 4.41. The van der Waals surface area contributed by atoms with Crippen LogP contribution in [0.1, 0.15) is 11.3 Å². The lowest BCUT2D eigenvalue weighted by Gasteiger charge is -2.08. The van der Waals surface area contributed by atoms with E-state index in [9.17, 15) is 14.9 Å². The van der Waals surface area contributed by atoms with Gasteiger partial charge in [-0.15, -0.1) is 0 Å². The van der Waals surface area contributed by atoms with Crippen molar-refractivity contribution in [3.05, 3.63) is 94.2 Å². The molecule has 2 aromatic carbocycles. The van der Waals surface area contributed by atoms with E-state index in [1.165, 1.54) is 18.2 Å². The zero-order valence-corrected chi connectivity index (χ0v) is 16.0. The predicted octanol–water partition coefficient (Wildman–Crippen LogP) is 4.29. The second-order valence-corrected chi connectivity index (χ2v) is 6.62. The Balaban J connectivity index is 1.54. The van der Waals surface area contributed by atoms with Crippen molar-refractivity contribution in [2.45, 2.75) is 6.92 Å². The molecule has 4 aromatic rings. The number of hydrogen-bond acceptors (Lipinski definition) is 5. The lowest BCUT2D eigenvalue weighted by Crippen LogP contribution is -2.13. The van der Waals surface area contributed by atoms with Crippen LogP contribution in [0.25, 0.3) is 22.8 Å². The third kappa shape index (κ3) is 4.07. The molecule has 0 aliphatic rings. The molecule has 1 N–H and O–H groups in total. The number of amides is 1. The van der Waals surface area contributed by atoms with Crippen LogP contribution < -0.4 is 5.32 Å². The summed E-state index contributed by atoms with van der Waals surface area (Å²) in [5.74, 6) is 0.736. The molecule has 0 unspecified atom stereocenters. The second kappa shape index (κ2) is 7.96. The Morgan fingerprint density at radius 1 is 1.10 bits per heavy atom. The molecule has 0 bridgehead atoms. The minimum Gasteiger partial charge on any atom is -0.307 e. The fourth-order valence-electron chi connectivity index (χ4n) is 2.98. The number of aryl methyl sites for hydroxylation is 1. The molecule has 0 atom stereocenters. The minimum absolute atomic E-state index is 0.00105. The first-order chi connectivity index (χ1) is 14.5. The SMILES string of the molecule is Cc1cc(NC(=O)/C=C/c2ccc([N+](=O)[O-])cc2)n(-c2ccc3ccccc3n2)n1. The maximum atomic E-state index is 12.4. The molecule has 0 spiro atoms. The van der Waals surface area contributed by atoms with Crippen molar-refractivity contribution in [1.82, 2.24) is 14.8 Å². The van der Waals surface area contributed by atoms with Gasteiger partial charge < -0.3 is 5.32 Å². The Hall–Kier alpha value is -4.33. The lowest BCUT2D eigenvalue weighted by atomic mass is 10.2. The monoisotopic (exact) mass is 399 g/mol. The van der Waals surface area contributed by atoms with Gasteiger partial charge in [-0.2, -0.15) is 9.78 Å². The maximum absolute atomic E-state index is 12.4. The molecule has 4 rings (SSSR count). The van der Waals surface area contributed by atoms with E-state index >= 15 is 0 Å². The molecule has 0 aliphatic heterocycles. The molecule has 8 heteroatoms. The number of nitrogens with one attached hydrogen (secondary N) is 1. The number of carbonyl (C=O) groups is 1. The first-order valence-corrected chi connectivity index (χ1v) is 9.16. The summed E-state index contributed by atoms with van der Waals surface area (Å²) in [6.45, 7) is 1.83. The molecule has 0 aliphatic carbocycles. The van der Waals surface area contributed by atoms with Crippen LogP contribution in [0.3, 0.4) is 0 Å². The van der Waals surface area contributed by atoms with Crippen LogP contribution >= 0.6 is 0 Å². The van der Waals surface area contributed by atoms with Gasteiger partial charge in [-0.1, -0.05) is 18.2 Å². The molecule has 1 amide bonds. The number of benzene rings is 2. The Bertz CT molecular complexity index is 1280. The van der Waals surface area contributed by atoms with Crippen LogP contribution in [0.2, 0.25) is 0 Å². The summed E-state index contributed by atoms with van der Waals surface area (Å²) in [4.78, 5) is 27.3. The molecule has 0 radical (unpaired) electrons. The number of nitro benzene ring substituents is 1. The van der Waals surface area contributed by atoms with E-state index in [2.05, 4.69) is 15.4 Å². The topological polar surface area (TPSA) is 103 Å². The largest absolute Gasteiger partial charge is 0.307 e. The predicted molar refractivity (Wildman–Crippen MR) is 114 cm³/mol. The van der Waals surface area contributed by atoms with E-state index in [1.54, 1.807) is 29.0 Å². The Morgan fingerprint density at radius 3 is 2.63 bits per heavy atom. The summed E-state index contributed by atoms with van der Waals surface area (Å²) in [5.41, 5.74) is 2.24. The number of para-hydroxylation sites is 1. The van der Waals surface area contributed by atoms with E-state index in [0.717, 1.165) is 16.6 Å². The highest BCUT2D eigenvalue weighted by Gasteiger charge is 2.11. The summed E-state index contributed by atoms with van der Waals surface area (Å²) < 4.78 is 1.58. The molecule has 2 heterocycles. The van der Waals surface area contributed by atoms with Crippen molar-refractivity contribution in [2.75, 3.05) is 5.32 Å². The van der Waals surface area contributed by atoms with Crippen LogP contribution in [-0.4, -0.2) is 25.6 Å². The molecule has 0 saturated carbocycles. The molecule has 148 valence electrons. The highest BCUT2D eigenvalue weighted by atomic mass is 16.6. The van der Waals surface area contributed by atoms with Crippen molar-refractivity contribution in [3.8, 4) is 5.82 Å². The van der Waals surface area contributed by atoms with Gasteiger partial charge >= 0.3 is 0 Å². The summed E-state index contributed by atoms with van der Waals surface area (Å²) in [7, 11) is 0. The molecule has 30 heavy (non-hydrogen) atoms. The number of fused-ring (bicyclic) bond motifs is 1. The number of aromatic nitrogens is 3. The molecule has 0 fully saturated rings. The smallest absolute Gasteiger partial charge is 0.269 e. The Labute approximate surface area is 171 Å². The average molecular weight is 399 g/mol. The average Bonchev–Trinajstić information content (AvgIpc) is 3.12. The van der Waals surface area contributed by atoms with Crippen LogP contribution in [0.15, 0.2) is 72.8 Å². The number of hydrogen-bond donors (Lipinski definition) is 1. The van der Waals surface area contributed by atoms with Gasteiger partial charge in [-0.05, 0) is 48.9 Å². The van der Waals surface area contributed by atoms with Crippen LogP contribution in [-0.2, 0) is 4.79 Å². The third-order valence-electron chi connectivity index (χ3n) is 4.41. The van der Waals surface area contributed by atoms with Crippen LogP contribution in [0.5, 0.6) is 0 Å². The normalized spacial score (nSPS) is 11.1. The molecule has 2 aromatic heterocycles. The quantitative estimate of drug-likeness (QED) is 0.306. The molecular formula is C22H17N5O3. The van der Waals surface area contributed by atoms with Crippen LogP contribution in [0, 0.1) is 17.0 Å². The standard InChI is InChI=1S/C22H17N5O3/c1-15-14-21(24-22(28)13-8-16-6-10-18(11-7-16)27(29)30)26(25-15)20-12-9-17-4-2-3-5-19(17)23-20/h2-14H,1H3,(H,24,28)/b13-8+. The van der Waals surface area contributed by atoms with Gasteiger partial charge in [0.25, 0.3) is 5.69 Å².